The molecule has 6 nitrogen and oxygen atoms in total. The van der Waals surface area contributed by atoms with Crippen molar-refractivity contribution < 1.29 is 4.74 Å². The first kappa shape index (κ1) is 20.5. The van der Waals surface area contributed by atoms with Gasteiger partial charge in [0.2, 0.25) is 0 Å². The highest BCUT2D eigenvalue weighted by molar-refractivity contribution is 8.00. The van der Waals surface area contributed by atoms with Crippen molar-refractivity contribution in [1.29, 1.82) is 0 Å². The van der Waals surface area contributed by atoms with Crippen LogP contribution in [0.25, 0.3) is 0 Å². The Morgan fingerprint density at radius 2 is 2.20 bits per heavy atom. The number of nitrogens with one attached hydrogen (secondary N) is 2. The fourth-order valence-corrected chi connectivity index (χ4v) is 4.48. The highest BCUT2D eigenvalue weighted by Crippen LogP contribution is 2.20. The third kappa shape index (κ3) is 7.52. The number of aromatic nitrogens is 1. The van der Waals surface area contributed by atoms with Crippen molar-refractivity contribution in [1.82, 2.24) is 20.5 Å². The van der Waals surface area contributed by atoms with Crippen LogP contribution in [-0.2, 0) is 4.74 Å². The van der Waals surface area contributed by atoms with Gasteiger partial charge in [-0.3, -0.25) is 9.89 Å². The summed E-state index contributed by atoms with van der Waals surface area (Å²) in [7, 11) is 1.83. The third-order valence-electron chi connectivity index (χ3n) is 4.24. The van der Waals surface area contributed by atoms with E-state index in [4.69, 9.17) is 4.74 Å². The molecule has 1 aliphatic rings. The van der Waals surface area contributed by atoms with Crippen molar-refractivity contribution in [3.63, 3.8) is 0 Å². The molecule has 1 fully saturated rings. The van der Waals surface area contributed by atoms with Gasteiger partial charge in [0.15, 0.2) is 5.96 Å². The lowest BCUT2D eigenvalue weighted by molar-refractivity contribution is 0.00752. The minimum absolute atomic E-state index is 0.503. The topological polar surface area (TPSA) is 61.8 Å². The summed E-state index contributed by atoms with van der Waals surface area (Å²) in [6, 6.07) is 0.503. The first-order valence-electron chi connectivity index (χ1n) is 8.99. The normalized spacial score (nSPS) is 17.7. The predicted octanol–water partition coefficient (Wildman–Crippen LogP) is 2.15. The van der Waals surface area contributed by atoms with Crippen molar-refractivity contribution in [3.05, 3.63) is 11.6 Å². The number of hydrogen-bond acceptors (Lipinski definition) is 6. The molecule has 1 atom stereocenters. The lowest BCUT2D eigenvalue weighted by atomic mass is 10.0. The molecule has 0 spiro atoms. The van der Waals surface area contributed by atoms with Gasteiger partial charge in [-0.15, -0.1) is 11.3 Å². The van der Waals surface area contributed by atoms with Crippen LogP contribution >= 0.6 is 23.1 Å². The van der Waals surface area contributed by atoms with Gasteiger partial charge in [-0.05, 0) is 12.3 Å². The van der Waals surface area contributed by atoms with Gasteiger partial charge in [0, 0.05) is 56.6 Å². The lowest BCUT2D eigenvalue weighted by Crippen LogP contribution is -2.52. The van der Waals surface area contributed by atoms with Crippen LogP contribution in [0.2, 0.25) is 0 Å². The third-order valence-corrected chi connectivity index (χ3v) is 6.29. The highest BCUT2D eigenvalue weighted by atomic mass is 32.2. The Labute approximate surface area is 159 Å². The SMILES string of the molecule is CN=C(NCCCSc1nccs1)NCC(C(C)C)N1CCOCC1. The van der Waals surface area contributed by atoms with E-state index in [1.165, 1.54) is 0 Å². The zero-order valence-electron chi connectivity index (χ0n) is 15.5. The van der Waals surface area contributed by atoms with E-state index in [-0.39, 0.29) is 0 Å². The van der Waals surface area contributed by atoms with E-state index in [1.807, 2.05) is 30.4 Å². The van der Waals surface area contributed by atoms with Crippen LogP contribution in [0, 0.1) is 5.92 Å². The number of aliphatic imine (C=N–C) groups is 1. The Bertz CT molecular complexity index is 489. The van der Waals surface area contributed by atoms with Crippen LogP contribution in [0.1, 0.15) is 20.3 Å². The molecule has 1 aromatic heterocycles. The number of thiazole rings is 1. The minimum atomic E-state index is 0.503. The molecule has 1 saturated heterocycles. The Morgan fingerprint density at radius 3 is 2.84 bits per heavy atom. The second-order valence-corrected chi connectivity index (χ2v) is 8.58. The summed E-state index contributed by atoms with van der Waals surface area (Å²) >= 11 is 3.52. The fourth-order valence-electron chi connectivity index (χ4n) is 2.84. The van der Waals surface area contributed by atoms with Crippen LogP contribution in [0.4, 0.5) is 0 Å². The van der Waals surface area contributed by atoms with E-state index in [9.17, 15) is 0 Å². The molecule has 2 N–H and O–H groups in total. The van der Waals surface area contributed by atoms with E-state index < -0.39 is 0 Å². The largest absolute Gasteiger partial charge is 0.379 e. The molecule has 1 aliphatic heterocycles. The van der Waals surface area contributed by atoms with Crippen LogP contribution in [0.5, 0.6) is 0 Å². The molecule has 0 radical (unpaired) electrons. The quantitative estimate of drug-likeness (QED) is 0.294. The van der Waals surface area contributed by atoms with Crippen molar-refractivity contribution >= 4 is 29.1 Å². The highest BCUT2D eigenvalue weighted by Gasteiger charge is 2.23. The Kier molecular flexibility index (Phi) is 9.60. The number of thioether (sulfide) groups is 1. The number of rotatable bonds is 9. The summed E-state index contributed by atoms with van der Waals surface area (Å²) < 4.78 is 6.62. The summed E-state index contributed by atoms with van der Waals surface area (Å²) in [6.07, 6.45) is 2.94. The molecule has 0 bridgehead atoms. The maximum absolute atomic E-state index is 5.48. The van der Waals surface area contributed by atoms with Gasteiger partial charge in [-0.1, -0.05) is 25.6 Å². The molecule has 2 heterocycles. The van der Waals surface area contributed by atoms with E-state index in [0.717, 1.165) is 61.9 Å². The monoisotopic (exact) mass is 385 g/mol. The zero-order valence-corrected chi connectivity index (χ0v) is 17.2. The molecular formula is C17H31N5OS2. The summed E-state index contributed by atoms with van der Waals surface area (Å²) in [4.78, 5) is 11.2. The van der Waals surface area contributed by atoms with Crippen LogP contribution in [0.15, 0.2) is 20.9 Å². The zero-order chi connectivity index (χ0) is 17.9. The molecule has 1 aromatic rings. The lowest BCUT2D eigenvalue weighted by Gasteiger charge is -2.37. The maximum atomic E-state index is 5.48. The van der Waals surface area contributed by atoms with Gasteiger partial charge in [0.05, 0.1) is 13.2 Å². The molecule has 0 saturated carbocycles. The second kappa shape index (κ2) is 11.7. The van der Waals surface area contributed by atoms with Gasteiger partial charge in [0.25, 0.3) is 0 Å². The van der Waals surface area contributed by atoms with Gasteiger partial charge in [-0.2, -0.15) is 0 Å². The standard InChI is InChI=1S/C17H31N5OS2/c1-14(2)15(22-7-9-23-10-8-22)13-21-16(18-3)19-5-4-11-24-17-20-6-12-25-17/h6,12,14-15H,4-5,7-11,13H2,1-3H3,(H2,18,19,21). The van der Waals surface area contributed by atoms with Gasteiger partial charge < -0.3 is 15.4 Å². The molecule has 0 aromatic carbocycles. The van der Waals surface area contributed by atoms with Gasteiger partial charge >= 0.3 is 0 Å². The Balaban J connectivity index is 1.65. The molecule has 25 heavy (non-hydrogen) atoms. The van der Waals surface area contributed by atoms with Crippen molar-refractivity contribution in [2.24, 2.45) is 10.9 Å². The van der Waals surface area contributed by atoms with Crippen LogP contribution in [0.3, 0.4) is 0 Å². The molecule has 2 rings (SSSR count). The Morgan fingerprint density at radius 1 is 1.40 bits per heavy atom. The van der Waals surface area contributed by atoms with E-state index in [0.29, 0.717) is 12.0 Å². The van der Waals surface area contributed by atoms with Gasteiger partial charge in [0.1, 0.15) is 4.34 Å². The first-order valence-corrected chi connectivity index (χ1v) is 10.9. The summed E-state index contributed by atoms with van der Waals surface area (Å²) in [5.41, 5.74) is 0. The summed E-state index contributed by atoms with van der Waals surface area (Å²) in [6.45, 7) is 10.1. The maximum Gasteiger partial charge on any atom is 0.191 e. The first-order chi connectivity index (χ1) is 12.2. The molecule has 8 heteroatoms. The van der Waals surface area contributed by atoms with E-state index in [2.05, 4.69) is 39.4 Å². The second-order valence-electron chi connectivity index (χ2n) is 6.34. The average Bonchev–Trinajstić information content (AvgIpc) is 3.14. The number of ether oxygens (including phenoxy) is 1. The van der Waals surface area contributed by atoms with Crippen LogP contribution in [-0.4, -0.2) is 74.1 Å². The molecule has 1 unspecified atom stereocenters. The Hall–Kier alpha value is -0.830. The van der Waals surface area contributed by atoms with Crippen molar-refractivity contribution in [2.75, 3.05) is 52.2 Å². The smallest absolute Gasteiger partial charge is 0.191 e. The average molecular weight is 386 g/mol. The molecule has 0 aliphatic carbocycles. The van der Waals surface area contributed by atoms with E-state index >= 15 is 0 Å². The van der Waals surface area contributed by atoms with Crippen LogP contribution < -0.4 is 10.6 Å². The van der Waals surface area contributed by atoms with Gasteiger partial charge in [-0.25, -0.2) is 4.98 Å². The van der Waals surface area contributed by atoms with E-state index in [1.54, 1.807) is 11.3 Å². The van der Waals surface area contributed by atoms with Crippen molar-refractivity contribution in [2.45, 2.75) is 30.6 Å². The predicted molar refractivity (Wildman–Crippen MR) is 108 cm³/mol. The number of hydrogen-bond donors (Lipinski definition) is 2. The molecule has 0 amide bonds. The number of nitrogens with zero attached hydrogens (tertiary/aromatic N) is 3. The molecule has 142 valence electrons. The minimum Gasteiger partial charge on any atom is -0.379 e. The number of guanidine groups is 1. The fraction of sp³-hybridized carbons (Fsp3) is 0.765. The molecular weight excluding hydrogens is 354 g/mol. The summed E-state index contributed by atoms with van der Waals surface area (Å²) in [5.74, 6) is 2.55. The van der Waals surface area contributed by atoms with Crippen molar-refractivity contribution in [3.8, 4) is 0 Å². The number of morpholine rings is 1. The summed E-state index contributed by atoms with van der Waals surface area (Å²) in [5, 5.41) is 8.92.